The van der Waals surface area contributed by atoms with E-state index in [2.05, 4.69) is 57.2 Å². The number of nitrogens with one attached hydrogen (secondary N) is 2. The van der Waals surface area contributed by atoms with Crippen LogP contribution in [0.4, 0.5) is 0 Å². The van der Waals surface area contributed by atoms with Crippen LogP contribution in [-0.2, 0) is 35.1 Å². The first-order chi connectivity index (χ1) is 18.5. The predicted octanol–water partition coefficient (Wildman–Crippen LogP) is 2.12. The fraction of sp³-hybridized carbons (Fsp3) is 0.607. The summed E-state index contributed by atoms with van der Waals surface area (Å²) >= 11 is 0. The molecule has 0 spiro atoms. The van der Waals surface area contributed by atoms with E-state index in [1.54, 1.807) is 0 Å². The number of carbonyl (C=O) groups is 5. The molecule has 0 aromatic heterocycles. The molecular weight excluding hydrogens is 504 g/mol. The number of methoxy groups -OCH3 is 1. The number of amides is 3. The van der Waals surface area contributed by atoms with Crippen LogP contribution in [0.5, 0.6) is 0 Å². The second-order valence-electron chi connectivity index (χ2n) is 9.29. The summed E-state index contributed by atoms with van der Waals surface area (Å²) in [6.45, 7) is 9.83. The molecule has 2 rings (SSSR count). The molecule has 0 bridgehead atoms. The summed E-state index contributed by atoms with van der Waals surface area (Å²) in [5.41, 5.74) is 5.58. The van der Waals surface area contributed by atoms with E-state index < -0.39 is 12.0 Å². The zero-order chi connectivity index (χ0) is 30.1. The Kier molecular flexibility index (Phi) is 24.0. The van der Waals surface area contributed by atoms with Crippen LogP contribution in [0.1, 0.15) is 65.4 Å². The molecular formula is C28H48N4O7. The number of benzene rings is 1. The fourth-order valence-corrected chi connectivity index (χ4v) is 3.53. The van der Waals surface area contributed by atoms with Gasteiger partial charge in [0.05, 0.1) is 26.6 Å². The summed E-state index contributed by atoms with van der Waals surface area (Å²) < 4.78 is 4.57. The Morgan fingerprint density at radius 3 is 2.08 bits per heavy atom. The maximum Gasteiger partial charge on any atom is 0.319 e. The van der Waals surface area contributed by atoms with Crippen molar-refractivity contribution in [1.29, 1.82) is 0 Å². The van der Waals surface area contributed by atoms with Crippen molar-refractivity contribution in [2.75, 3.05) is 33.3 Å². The Morgan fingerprint density at radius 1 is 1.10 bits per heavy atom. The summed E-state index contributed by atoms with van der Waals surface area (Å²) in [6, 6.07) is 10.1. The van der Waals surface area contributed by atoms with Gasteiger partial charge in [0.2, 0.25) is 18.2 Å². The molecule has 1 fully saturated rings. The zero-order valence-corrected chi connectivity index (χ0v) is 24.1. The number of carboxylic acids is 1. The third-order valence-corrected chi connectivity index (χ3v) is 5.32. The highest BCUT2D eigenvalue weighted by atomic mass is 16.5. The Morgan fingerprint density at radius 2 is 1.67 bits per heavy atom. The molecule has 11 heteroatoms. The molecule has 1 saturated heterocycles. The Hall–Kier alpha value is -3.47. The van der Waals surface area contributed by atoms with Gasteiger partial charge < -0.3 is 26.2 Å². The van der Waals surface area contributed by atoms with Crippen LogP contribution < -0.4 is 16.4 Å². The van der Waals surface area contributed by atoms with Gasteiger partial charge in [-0.25, -0.2) is 0 Å². The highest BCUT2D eigenvalue weighted by Crippen LogP contribution is 2.08. The second-order valence-corrected chi connectivity index (χ2v) is 9.29. The molecule has 0 radical (unpaired) electrons. The third kappa shape index (κ3) is 25.9. The van der Waals surface area contributed by atoms with Gasteiger partial charge in [0, 0.05) is 13.0 Å². The van der Waals surface area contributed by atoms with Gasteiger partial charge in [0.25, 0.3) is 0 Å². The summed E-state index contributed by atoms with van der Waals surface area (Å²) in [5, 5.41) is 13.7. The van der Waals surface area contributed by atoms with E-state index in [-0.39, 0.29) is 37.2 Å². The number of ether oxygens (including phenoxy) is 1. The predicted molar refractivity (Wildman–Crippen MR) is 151 cm³/mol. The molecule has 1 aliphatic rings. The van der Waals surface area contributed by atoms with Crippen LogP contribution in [0.25, 0.3) is 0 Å². The average Bonchev–Trinajstić information content (AvgIpc) is 2.89. The zero-order valence-electron chi connectivity index (χ0n) is 24.1. The number of likely N-dealkylation sites (tertiary alicyclic amines) is 1. The quantitative estimate of drug-likeness (QED) is 0.253. The van der Waals surface area contributed by atoms with Crippen LogP contribution in [0.2, 0.25) is 0 Å². The smallest absolute Gasteiger partial charge is 0.319 e. The van der Waals surface area contributed by atoms with E-state index >= 15 is 0 Å². The lowest BCUT2D eigenvalue weighted by atomic mass is 10.0. The molecule has 0 saturated carbocycles. The number of carbonyl (C=O) groups excluding carboxylic acids is 4. The number of nitrogens with two attached hydrogens (primary N) is 1. The Labute approximate surface area is 232 Å². The normalized spacial score (nSPS) is 13.0. The van der Waals surface area contributed by atoms with Crippen molar-refractivity contribution in [2.45, 2.75) is 72.3 Å². The highest BCUT2D eigenvalue weighted by Gasteiger charge is 2.17. The maximum atomic E-state index is 11.4. The minimum atomic E-state index is -0.949. The first-order valence-corrected chi connectivity index (χ1v) is 13.2. The van der Waals surface area contributed by atoms with Gasteiger partial charge in [0.1, 0.15) is 0 Å². The lowest BCUT2D eigenvalue weighted by Gasteiger charge is -2.24. The number of nitrogens with zero attached hydrogens (tertiary/aromatic N) is 1. The third-order valence-electron chi connectivity index (χ3n) is 5.32. The standard InChI is InChI=1S/C11H20N2O4.C8H15NO2.C8H10.CH3NO/c1-7(2)4-9(5-11(16)17)13-10(15)6-12-8(3)14;1-11-8(10)7-9-5-3-2-4-6-9;1-2-8-6-4-3-5-7-8;2-1-3/h7,9H,4-6H2,1-3H3,(H,12,14)(H,13,15)(H,16,17);2-7H2,1H3;3-7H,2H2,1H3;1H,(H2,2,3). The van der Waals surface area contributed by atoms with Gasteiger partial charge >= 0.3 is 11.9 Å². The molecule has 1 aromatic carbocycles. The maximum absolute atomic E-state index is 11.4. The molecule has 1 unspecified atom stereocenters. The van der Waals surface area contributed by atoms with Crippen molar-refractivity contribution >= 4 is 30.2 Å². The van der Waals surface area contributed by atoms with E-state index in [9.17, 15) is 19.2 Å². The number of carboxylic acid groups (broad SMARTS) is 1. The number of primary amides is 1. The first kappa shape index (κ1) is 37.7. The molecule has 1 aliphatic heterocycles. The molecule has 0 aliphatic carbocycles. The van der Waals surface area contributed by atoms with Gasteiger partial charge in [-0.2, -0.15) is 0 Å². The molecule has 11 nitrogen and oxygen atoms in total. The minimum Gasteiger partial charge on any atom is -0.481 e. The fourth-order valence-electron chi connectivity index (χ4n) is 3.53. The summed E-state index contributed by atoms with van der Waals surface area (Å²) in [4.78, 5) is 54.2. The lowest BCUT2D eigenvalue weighted by Crippen LogP contribution is -2.42. The van der Waals surface area contributed by atoms with Gasteiger partial charge in [-0.1, -0.05) is 57.5 Å². The highest BCUT2D eigenvalue weighted by molar-refractivity contribution is 5.84. The summed E-state index contributed by atoms with van der Waals surface area (Å²) in [7, 11) is 1.44. The molecule has 3 amide bonds. The number of hydrogen-bond donors (Lipinski definition) is 4. The summed E-state index contributed by atoms with van der Waals surface area (Å²) in [5.74, 6) is -1.44. The van der Waals surface area contributed by atoms with E-state index in [1.165, 1.54) is 38.9 Å². The van der Waals surface area contributed by atoms with Crippen LogP contribution in [0.15, 0.2) is 30.3 Å². The van der Waals surface area contributed by atoms with Crippen molar-refractivity contribution in [2.24, 2.45) is 11.7 Å². The molecule has 1 atom stereocenters. The van der Waals surface area contributed by atoms with Gasteiger partial charge in [-0.3, -0.25) is 28.9 Å². The number of aryl methyl sites for hydroxylation is 1. The molecule has 1 heterocycles. The minimum absolute atomic E-state index is 0.107. The molecule has 222 valence electrons. The van der Waals surface area contributed by atoms with Gasteiger partial charge in [-0.05, 0) is 50.3 Å². The monoisotopic (exact) mass is 552 g/mol. The Balaban J connectivity index is 0. The van der Waals surface area contributed by atoms with Gasteiger partial charge in [-0.15, -0.1) is 0 Å². The van der Waals surface area contributed by atoms with Crippen LogP contribution >= 0.6 is 0 Å². The first-order valence-electron chi connectivity index (χ1n) is 13.2. The average molecular weight is 553 g/mol. The number of rotatable bonds is 10. The van der Waals surface area contributed by atoms with Crippen molar-refractivity contribution < 1.29 is 33.8 Å². The van der Waals surface area contributed by atoms with E-state index in [0.29, 0.717) is 18.9 Å². The van der Waals surface area contributed by atoms with E-state index in [0.717, 1.165) is 19.5 Å². The van der Waals surface area contributed by atoms with Crippen LogP contribution in [0, 0.1) is 5.92 Å². The number of piperidine rings is 1. The van der Waals surface area contributed by atoms with Crippen LogP contribution in [0.3, 0.4) is 0 Å². The summed E-state index contributed by atoms with van der Waals surface area (Å²) in [6.07, 6.45) is 5.62. The van der Waals surface area contributed by atoms with Crippen molar-refractivity contribution in [3.05, 3.63) is 35.9 Å². The SMILES string of the molecule is CC(=O)NCC(=O)NC(CC(=O)O)CC(C)C.CCc1ccccc1.COC(=O)CN1CCCCC1.NC=O. The Bertz CT molecular complexity index is 813. The number of aliphatic carboxylic acids is 1. The molecule has 1 aromatic rings. The molecule has 39 heavy (non-hydrogen) atoms. The van der Waals surface area contributed by atoms with Crippen molar-refractivity contribution in [1.82, 2.24) is 15.5 Å². The van der Waals surface area contributed by atoms with E-state index in [4.69, 9.17) is 9.90 Å². The lowest BCUT2D eigenvalue weighted by molar-refractivity contribution is -0.142. The van der Waals surface area contributed by atoms with E-state index in [1.807, 2.05) is 19.9 Å². The molecule has 5 N–H and O–H groups in total. The topological polar surface area (TPSA) is 168 Å². The number of hydrogen-bond acceptors (Lipinski definition) is 7. The van der Waals surface area contributed by atoms with Crippen molar-refractivity contribution in [3.63, 3.8) is 0 Å². The number of esters is 1. The largest absolute Gasteiger partial charge is 0.481 e. The van der Waals surface area contributed by atoms with Gasteiger partial charge in [0.15, 0.2) is 0 Å². The van der Waals surface area contributed by atoms with Crippen LogP contribution in [-0.4, -0.2) is 79.5 Å². The second kappa shape index (κ2) is 24.8. The van der Waals surface area contributed by atoms with Crippen molar-refractivity contribution in [3.8, 4) is 0 Å².